The van der Waals surface area contributed by atoms with E-state index in [0.717, 1.165) is 5.56 Å². The van der Waals surface area contributed by atoms with Gasteiger partial charge in [0.1, 0.15) is 0 Å². The first-order chi connectivity index (χ1) is 13.0. The minimum atomic E-state index is -3.71. The smallest absolute Gasteiger partial charge is 0.693 e. The normalized spacial score (nSPS) is 12.2. The number of sulfone groups is 1. The third kappa shape index (κ3) is 6.73. The molecule has 3 rings (SSSR count). The van der Waals surface area contributed by atoms with E-state index in [1.165, 1.54) is 0 Å². The van der Waals surface area contributed by atoms with Gasteiger partial charge in [0.15, 0.2) is 9.84 Å². The standard InChI is InChI=1S/C21H20NO2S.CH3.ClH.H2N.Ru/c1-16-12-14-19(15-13-16)25(23,24)21(18-10-6-3-7-11-18)20(22)17-8-4-2-5-9-17;;;;/h2-15,20-22H,1H3;1H3;1H;1H2;/q2*-1;;-1;+4/p-1/t20-,21-;;;;/m0..../s1. The number of hydrogen-bond acceptors (Lipinski definition) is 2. The van der Waals surface area contributed by atoms with Crippen LogP contribution in [0.3, 0.4) is 0 Å². The Labute approximate surface area is 188 Å². The number of halogens is 1. The molecule has 4 nitrogen and oxygen atoms in total. The summed E-state index contributed by atoms with van der Waals surface area (Å²) in [7, 11) is 0.863. The molecule has 0 saturated heterocycles. The van der Waals surface area contributed by atoms with Crippen LogP contribution in [0.5, 0.6) is 0 Å². The van der Waals surface area contributed by atoms with Gasteiger partial charge in [0.2, 0.25) is 0 Å². The molecule has 3 aromatic carbocycles. The monoisotopic (exact) mass is 518 g/mol. The molecule has 0 aliphatic carbocycles. The molecule has 0 aliphatic rings. The second-order valence-corrected chi connectivity index (χ2v) is 8.15. The number of aryl methyl sites for hydroxylation is 1. The van der Waals surface area contributed by atoms with Gasteiger partial charge in [0.25, 0.3) is 0 Å². The Bertz CT molecular complexity index is 938. The van der Waals surface area contributed by atoms with Crippen molar-refractivity contribution in [2.24, 2.45) is 0 Å². The molecule has 2 atom stereocenters. The van der Waals surface area contributed by atoms with Crippen LogP contribution in [0, 0.1) is 14.4 Å². The third-order valence-corrected chi connectivity index (χ3v) is 6.42. The van der Waals surface area contributed by atoms with Gasteiger partial charge >= 0.3 is 27.0 Å². The molecule has 0 spiro atoms. The first-order valence-electron chi connectivity index (χ1n) is 8.25. The Kier molecular flexibility index (Phi) is 12.2. The largest absolute Gasteiger partial charge is 0.693 e. The second-order valence-electron chi connectivity index (χ2n) is 6.08. The van der Waals surface area contributed by atoms with E-state index in [-0.39, 0.29) is 18.5 Å². The maximum absolute atomic E-state index is 13.3. The molecule has 0 saturated carbocycles. The van der Waals surface area contributed by atoms with Crippen molar-refractivity contribution in [1.29, 1.82) is 0 Å². The quantitative estimate of drug-likeness (QED) is 0.265. The van der Waals surface area contributed by atoms with Gasteiger partial charge < -0.3 is 19.3 Å². The van der Waals surface area contributed by atoms with E-state index in [0.29, 0.717) is 11.1 Å². The van der Waals surface area contributed by atoms with Gasteiger partial charge in [0.05, 0.1) is 10.1 Å². The summed E-state index contributed by atoms with van der Waals surface area (Å²) in [6.45, 7) is 1.92. The van der Waals surface area contributed by atoms with Crippen LogP contribution in [0.1, 0.15) is 28.0 Å². The maximum Gasteiger partial charge on any atom is -0.693 e. The van der Waals surface area contributed by atoms with Crippen LogP contribution < -0.4 is 0 Å². The van der Waals surface area contributed by atoms with Gasteiger partial charge in [0, 0.05) is 0 Å². The van der Waals surface area contributed by atoms with Crippen LogP contribution >= 0.6 is 9.69 Å². The van der Waals surface area contributed by atoms with Crippen molar-refractivity contribution >= 4 is 19.5 Å². The molecular formula is C22H25ClN2O2RuS. The number of benzene rings is 3. The summed E-state index contributed by atoms with van der Waals surface area (Å²) in [4.78, 5) is 0.250. The Morgan fingerprint density at radius 1 is 0.793 bits per heavy atom. The van der Waals surface area contributed by atoms with Crippen molar-refractivity contribution < 1.29 is 25.7 Å². The Hall–Kier alpha value is -1.56. The number of hydrogen-bond donors (Lipinski definition) is 0. The van der Waals surface area contributed by atoms with Gasteiger partial charge in [-0.15, -0.1) is 0 Å². The Morgan fingerprint density at radius 3 is 1.66 bits per heavy atom. The molecule has 0 amide bonds. The first kappa shape index (κ1) is 27.4. The SMILES string of the molecule is Cc1ccc(S(=O)(=O)[C@@H](c2ccccc2)[C@@H]([NH-])c2ccccc2)cc1.[CH3-].[Cl][Ru+3].[NH2-]. The summed E-state index contributed by atoms with van der Waals surface area (Å²) in [5.74, 6) is 0. The molecule has 0 fully saturated rings. The van der Waals surface area contributed by atoms with Crippen LogP contribution in [-0.2, 0) is 27.1 Å². The van der Waals surface area contributed by atoms with Crippen LogP contribution in [-0.4, -0.2) is 8.42 Å². The van der Waals surface area contributed by atoms with Crippen LogP contribution in [0.15, 0.2) is 89.8 Å². The molecule has 3 N–H and O–H groups in total. The molecule has 7 heteroatoms. The zero-order chi connectivity index (χ0) is 19.9. The summed E-state index contributed by atoms with van der Waals surface area (Å²) in [6.07, 6.45) is 0. The summed E-state index contributed by atoms with van der Waals surface area (Å²) < 4.78 is 26.7. The molecule has 0 radical (unpaired) electrons. The van der Waals surface area contributed by atoms with E-state index in [9.17, 15) is 8.42 Å². The van der Waals surface area contributed by atoms with Crippen LogP contribution in [0.25, 0.3) is 11.9 Å². The first-order valence-corrected chi connectivity index (χ1v) is 12.0. The molecular weight excluding hydrogens is 493 g/mol. The average Bonchev–Trinajstić information content (AvgIpc) is 2.71. The van der Waals surface area contributed by atoms with E-state index in [4.69, 9.17) is 5.73 Å². The van der Waals surface area contributed by atoms with E-state index in [1.54, 1.807) is 48.5 Å². The van der Waals surface area contributed by atoms with Crippen molar-refractivity contribution in [3.63, 3.8) is 0 Å². The predicted octanol–water partition coefficient (Wildman–Crippen LogP) is 7.16. The van der Waals surface area contributed by atoms with Gasteiger partial charge in [-0.1, -0.05) is 90.0 Å². The molecule has 0 heterocycles. The van der Waals surface area contributed by atoms with Crippen molar-refractivity contribution in [3.05, 3.63) is 121 Å². The fourth-order valence-electron chi connectivity index (χ4n) is 2.90. The van der Waals surface area contributed by atoms with Crippen LogP contribution in [0.2, 0.25) is 0 Å². The fraction of sp³-hybridized carbons (Fsp3) is 0.136. The second kappa shape index (κ2) is 12.9. The van der Waals surface area contributed by atoms with Crippen molar-refractivity contribution in [2.45, 2.75) is 23.1 Å². The summed E-state index contributed by atoms with van der Waals surface area (Å²) in [6, 6.07) is 24.1. The van der Waals surface area contributed by atoms with E-state index in [2.05, 4.69) is 9.69 Å². The average molecular weight is 518 g/mol. The number of rotatable bonds is 5. The minimum Gasteiger partial charge on any atom is -0.693 e. The zero-order valence-electron chi connectivity index (χ0n) is 16.3. The fourth-order valence-corrected chi connectivity index (χ4v) is 4.74. The molecule has 3 aromatic rings. The van der Waals surface area contributed by atoms with Crippen molar-refractivity contribution in [2.75, 3.05) is 0 Å². The van der Waals surface area contributed by atoms with E-state index in [1.807, 2.05) is 60.6 Å². The molecule has 0 aliphatic heterocycles. The number of nitrogens with one attached hydrogen (secondary N) is 1. The maximum atomic E-state index is 13.3. The van der Waals surface area contributed by atoms with E-state index < -0.39 is 21.1 Å². The summed E-state index contributed by atoms with van der Waals surface area (Å²) in [5.41, 5.74) is 11.0. The topological polar surface area (TPSA) is 91.4 Å². The summed E-state index contributed by atoms with van der Waals surface area (Å²) in [5, 5.41) is -0.959. The molecule has 29 heavy (non-hydrogen) atoms. The Balaban J connectivity index is 0.00000190. The number of nitrogens with two attached hydrogens (primary N) is 1. The minimum absolute atomic E-state index is 0. The van der Waals surface area contributed by atoms with Crippen LogP contribution in [0.4, 0.5) is 0 Å². The van der Waals surface area contributed by atoms with Crippen molar-refractivity contribution in [1.82, 2.24) is 0 Å². The molecule has 156 valence electrons. The van der Waals surface area contributed by atoms with E-state index >= 15 is 0 Å². The molecule has 0 unspecified atom stereocenters. The molecule has 0 bridgehead atoms. The molecule has 0 aromatic heterocycles. The third-order valence-electron chi connectivity index (χ3n) is 4.27. The van der Waals surface area contributed by atoms with Gasteiger partial charge in [-0.3, -0.25) is 0 Å². The van der Waals surface area contributed by atoms with Gasteiger partial charge in [-0.25, -0.2) is 8.42 Å². The van der Waals surface area contributed by atoms with Gasteiger partial charge in [-0.05, 0) is 24.6 Å². The van der Waals surface area contributed by atoms with Crippen molar-refractivity contribution in [3.8, 4) is 0 Å². The summed E-state index contributed by atoms with van der Waals surface area (Å²) >= 11 is 1.82. The predicted molar refractivity (Wildman–Crippen MR) is 119 cm³/mol. The zero-order valence-corrected chi connectivity index (χ0v) is 19.6. The Morgan fingerprint density at radius 2 is 1.21 bits per heavy atom. The van der Waals surface area contributed by atoms with Gasteiger partial charge in [-0.2, -0.15) is 0 Å².